The molecule has 0 radical (unpaired) electrons. The molecule has 0 aromatic heterocycles. The summed E-state index contributed by atoms with van der Waals surface area (Å²) in [6, 6.07) is 3.14. The maximum absolute atomic E-state index is 11.9. The van der Waals surface area contributed by atoms with Gasteiger partial charge >= 0.3 is 12.0 Å². The third kappa shape index (κ3) is 5.19. The maximum atomic E-state index is 11.9. The van der Waals surface area contributed by atoms with Crippen LogP contribution in [0.2, 0.25) is 5.02 Å². The van der Waals surface area contributed by atoms with Gasteiger partial charge in [0.1, 0.15) is 0 Å². The van der Waals surface area contributed by atoms with Gasteiger partial charge in [-0.15, -0.1) is 0 Å². The van der Waals surface area contributed by atoms with E-state index in [0.29, 0.717) is 10.7 Å². The van der Waals surface area contributed by atoms with Crippen LogP contribution >= 0.6 is 11.6 Å². The van der Waals surface area contributed by atoms with Gasteiger partial charge in [-0.05, 0) is 37.5 Å². The number of nitrogens with zero attached hydrogens (tertiary/aromatic N) is 1. The Balaban J connectivity index is 1.73. The lowest BCUT2D eigenvalue weighted by atomic mass is 10.1. The van der Waals surface area contributed by atoms with E-state index in [1.807, 2.05) is 19.9 Å². The van der Waals surface area contributed by atoms with E-state index in [4.69, 9.17) is 16.3 Å². The second kappa shape index (κ2) is 8.66. The van der Waals surface area contributed by atoms with Crippen LogP contribution in [0, 0.1) is 13.8 Å². The molecule has 4 amide bonds. The Kier molecular flexibility index (Phi) is 6.57. The number of rotatable bonds is 7. The normalized spacial score (nSPS) is 13.6. The second-order valence-electron chi connectivity index (χ2n) is 5.96. The number of anilines is 1. The number of amides is 4. The van der Waals surface area contributed by atoms with E-state index in [1.54, 1.807) is 6.07 Å². The zero-order valence-corrected chi connectivity index (χ0v) is 15.3. The van der Waals surface area contributed by atoms with Gasteiger partial charge in [0.25, 0.3) is 5.91 Å². The summed E-state index contributed by atoms with van der Waals surface area (Å²) in [5.41, 5.74) is 2.27. The molecule has 140 valence electrons. The molecule has 0 spiro atoms. The molecule has 1 aliphatic heterocycles. The van der Waals surface area contributed by atoms with Gasteiger partial charge in [-0.1, -0.05) is 17.7 Å². The molecule has 1 aliphatic rings. The molecule has 0 atom stereocenters. The van der Waals surface area contributed by atoms with Crippen LogP contribution in [-0.2, 0) is 19.1 Å². The fourth-order valence-corrected chi connectivity index (χ4v) is 2.90. The number of hydrogen-bond acceptors (Lipinski definition) is 5. The summed E-state index contributed by atoms with van der Waals surface area (Å²) >= 11 is 6.11. The van der Waals surface area contributed by atoms with Crippen molar-refractivity contribution in [1.29, 1.82) is 0 Å². The van der Waals surface area contributed by atoms with E-state index in [2.05, 4.69) is 10.6 Å². The molecule has 1 aromatic rings. The number of aryl methyl sites for hydroxylation is 2. The summed E-state index contributed by atoms with van der Waals surface area (Å²) in [4.78, 5) is 47.4. The van der Waals surface area contributed by atoms with Gasteiger partial charge in [0.2, 0.25) is 5.91 Å². The monoisotopic (exact) mass is 381 g/mol. The van der Waals surface area contributed by atoms with Crippen molar-refractivity contribution in [1.82, 2.24) is 10.2 Å². The molecule has 0 aliphatic carbocycles. The van der Waals surface area contributed by atoms with Crippen molar-refractivity contribution in [2.24, 2.45) is 0 Å². The van der Waals surface area contributed by atoms with Gasteiger partial charge in [-0.2, -0.15) is 0 Å². The van der Waals surface area contributed by atoms with Crippen molar-refractivity contribution in [3.05, 3.63) is 28.3 Å². The maximum Gasteiger partial charge on any atom is 0.324 e. The molecule has 0 unspecified atom stereocenters. The van der Waals surface area contributed by atoms with E-state index in [1.165, 1.54) is 0 Å². The molecule has 1 aromatic carbocycles. The average molecular weight is 382 g/mol. The first kappa shape index (κ1) is 19.7. The fraction of sp³-hybridized carbons (Fsp3) is 0.412. The first-order chi connectivity index (χ1) is 12.3. The van der Waals surface area contributed by atoms with Crippen LogP contribution in [-0.4, -0.2) is 48.4 Å². The molecule has 9 heteroatoms. The minimum Gasteiger partial charge on any atom is -0.456 e. The highest BCUT2D eigenvalue weighted by Gasteiger charge is 2.27. The third-order valence-corrected chi connectivity index (χ3v) is 4.06. The van der Waals surface area contributed by atoms with Gasteiger partial charge < -0.3 is 15.4 Å². The van der Waals surface area contributed by atoms with Crippen LogP contribution in [0.1, 0.15) is 24.0 Å². The van der Waals surface area contributed by atoms with Crippen molar-refractivity contribution in [2.45, 2.75) is 26.7 Å². The molecule has 1 saturated heterocycles. The van der Waals surface area contributed by atoms with Crippen LogP contribution < -0.4 is 10.6 Å². The molecule has 0 saturated carbocycles. The van der Waals surface area contributed by atoms with Gasteiger partial charge in [-0.25, -0.2) is 4.79 Å². The smallest absolute Gasteiger partial charge is 0.324 e. The average Bonchev–Trinajstić information content (AvgIpc) is 2.88. The second-order valence-corrected chi connectivity index (χ2v) is 6.36. The van der Waals surface area contributed by atoms with Crippen molar-refractivity contribution < 1.29 is 23.9 Å². The molecule has 2 N–H and O–H groups in total. The first-order valence-corrected chi connectivity index (χ1v) is 8.46. The number of ether oxygens (including phenoxy) is 1. The number of nitrogens with one attached hydrogen (secondary N) is 2. The largest absolute Gasteiger partial charge is 0.456 e. The molecular formula is C17H20ClN3O5. The van der Waals surface area contributed by atoms with Crippen LogP contribution in [0.25, 0.3) is 0 Å². The van der Waals surface area contributed by atoms with Crippen molar-refractivity contribution in [2.75, 3.05) is 25.0 Å². The molecule has 1 heterocycles. The summed E-state index contributed by atoms with van der Waals surface area (Å²) in [5.74, 6) is -1.41. The Morgan fingerprint density at radius 2 is 2.04 bits per heavy atom. The molecule has 8 nitrogen and oxygen atoms in total. The Morgan fingerprint density at radius 1 is 1.31 bits per heavy atom. The predicted molar refractivity (Wildman–Crippen MR) is 94.9 cm³/mol. The number of imide groups is 1. The van der Waals surface area contributed by atoms with Crippen LogP contribution in [0.4, 0.5) is 10.5 Å². The lowest BCUT2D eigenvalue weighted by Gasteiger charge is -2.13. The van der Waals surface area contributed by atoms with E-state index < -0.39 is 24.5 Å². The van der Waals surface area contributed by atoms with Gasteiger partial charge in [0.15, 0.2) is 6.61 Å². The minimum atomic E-state index is -0.584. The quantitative estimate of drug-likeness (QED) is 0.553. The lowest BCUT2D eigenvalue weighted by molar-refractivity contribution is -0.147. The van der Waals surface area contributed by atoms with E-state index in [9.17, 15) is 19.2 Å². The Bertz CT molecular complexity index is 711. The first-order valence-electron chi connectivity index (χ1n) is 8.08. The van der Waals surface area contributed by atoms with Crippen molar-refractivity contribution in [3.8, 4) is 0 Å². The van der Waals surface area contributed by atoms with Crippen LogP contribution in [0.15, 0.2) is 12.1 Å². The SMILES string of the molecule is Cc1cc(C)c(NC(=O)COC(=O)CCCN2C(=O)CNC2=O)c(Cl)c1. The number of hydrogen-bond donors (Lipinski definition) is 2. The molecule has 26 heavy (non-hydrogen) atoms. The summed E-state index contributed by atoms with van der Waals surface area (Å²) < 4.78 is 4.90. The van der Waals surface area contributed by atoms with Gasteiger partial charge in [-0.3, -0.25) is 19.3 Å². The zero-order valence-electron chi connectivity index (χ0n) is 14.6. The summed E-state index contributed by atoms with van der Waals surface area (Å²) in [7, 11) is 0. The summed E-state index contributed by atoms with van der Waals surface area (Å²) in [6.07, 6.45) is 0.261. The Hall–Kier alpha value is -2.61. The Morgan fingerprint density at radius 3 is 2.65 bits per heavy atom. The number of esters is 1. The molecule has 0 bridgehead atoms. The van der Waals surface area contributed by atoms with Gasteiger partial charge in [0.05, 0.1) is 17.3 Å². The highest BCUT2D eigenvalue weighted by atomic mass is 35.5. The number of benzene rings is 1. The molecule has 2 rings (SSSR count). The van der Waals surface area contributed by atoms with E-state index in [0.717, 1.165) is 16.0 Å². The number of halogens is 1. The number of urea groups is 1. The van der Waals surface area contributed by atoms with Crippen molar-refractivity contribution >= 4 is 41.1 Å². The van der Waals surface area contributed by atoms with E-state index >= 15 is 0 Å². The third-order valence-electron chi connectivity index (χ3n) is 3.76. The van der Waals surface area contributed by atoms with Crippen LogP contribution in [0.3, 0.4) is 0 Å². The summed E-state index contributed by atoms with van der Waals surface area (Å²) in [6.45, 7) is 3.38. The van der Waals surface area contributed by atoms with Gasteiger partial charge in [0, 0.05) is 13.0 Å². The standard InChI is InChI=1S/C17H20ClN3O5/c1-10-6-11(2)16(12(18)7-10)20-13(22)9-26-15(24)4-3-5-21-14(23)8-19-17(21)25/h6-7H,3-5,8-9H2,1-2H3,(H,19,25)(H,20,22). The molecule has 1 fully saturated rings. The molecular weight excluding hydrogens is 362 g/mol. The highest BCUT2D eigenvalue weighted by Crippen LogP contribution is 2.27. The number of carbonyl (C=O) groups is 4. The lowest BCUT2D eigenvalue weighted by Crippen LogP contribution is -2.32. The zero-order chi connectivity index (χ0) is 19.3. The topological polar surface area (TPSA) is 105 Å². The Labute approximate surface area is 155 Å². The van der Waals surface area contributed by atoms with Crippen LogP contribution in [0.5, 0.6) is 0 Å². The minimum absolute atomic E-state index is 0.00530. The van der Waals surface area contributed by atoms with Crippen molar-refractivity contribution in [3.63, 3.8) is 0 Å². The van der Waals surface area contributed by atoms with E-state index in [-0.39, 0.29) is 31.8 Å². The fourth-order valence-electron chi connectivity index (χ4n) is 2.53. The predicted octanol–water partition coefficient (Wildman–Crippen LogP) is 1.77. The number of carbonyl (C=O) groups excluding carboxylic acids is 4. The highest BCUT2D eigenvalue weighted by molar-refractivity contribution is 6.34. The summed E-state index contributed by atoms with van der Waals surface area (Å²) in [5, 5.41) is 5.42.